The number of fused-ring (bicyclic) bond motifs is 1. The number of thiophene rings is 1. The molecule has 0 aliphatic carbocycles. The van der Waals surface area contributed by atoms with Gasteiger partial charge in [0.2, 0.25) is 10.0 Å². The molecule has 7 heteroatoms. The van der Waals surface area contributed by atoms with Crippen LogP contribution in [0, 0.1) is 0 Å². The van der Waals surface area contributed by atoms with Gasteiger partial charge >= 0.3 is 5.97 Å². The Morgan fingerprint density at radius 2 is 2.11 bits per heavy atom. The lowest BCUT2D eigenvalue weighted by Crippen LogP contribution is -2.41. The number of carboxylic acids is 1. The number of hydrogen-bond donors (Lipinski definition) is 2. The summed E-state index contributed by atoms with van der Waals surface area (Å²) in [6, 6.07) is 6.49. The second-order valence-electron chi connectivity index (χ2n) is 4.24. The minimum Gasteiger partial charge on any atom is -0.480 e. The lowest BCUT2D eigenvalue weighted by Gasteiger charge is -2.12. The Hall–Kier alpha value is -1.44. The minimum atomic E-state index is -3.55. The first-order valence-corrected chi connectivity index (χ1v) is 8.29. The molecule has 2 aromatic rings. The van der Waals surface area contributed by atoms with Crippen molar-refractivity contribution in [2.24, 2.45) is 0 Å². The van der Waals surface area contributed by atoms with Gasteiger partial charge in [-0.25, -0.2) is 13.1 Å². The molecule has 5 nitrogen and oxygen atoms in total. The highest BCUT2D eigenvalue weighted by Crippen LogP contribution is 2.26. The fourth-order valence-corrected chi connectivity index (χ4v) is 3.53. The molecule has 1 atom stereocenters. The number of carbonyl (C=O) groups is 1. The van der Waals surface area contributed by atoms with Crippen molar-refractivity contribution in [1.82, 2.24) is 4.72 Å². The summed E-state index contributed by atoms with van der Waals surface area (Å²) in [5.74, 6) is -1.18. The van der Waals surface area contributed by atoms with Gasteiger partial charge in [0, 0.05) is 11.1 Å². The molecule has 0 amide bonds. The summed E-state index contributed by atoms with van der Waals surface area (Å²) in [6.07, 6.45) is 1.08. The summed E-state index contributed by atoms with van der Waals surface area (Å²) in [4.78, 5) is 11.1. The van der Waals surface area contributed by atoms with Crippen molar-refractivity contribution in [3.63, 3.8) is 0 Å². The van der Waals surface area contributed by atoms with Gasteiger partial charge in [-0.05, 0) is 22.4 Å². The molecule has 0 saturated carbocycles. The molecule has 0 saturated heterocycles. The zero-order valence-electron chi connectivity index (χ0n) is 10.2. The zero-order valence-corrected chi connectivity index (χ0v) is 11.8. The zero-order chi connectivity index (χ0) is 14.0. The predicted molar refractivity (Wildman–Crippen MR) is 74.9 cm³/mol. The monoisotopic (exact) mass is 299 g/mol. The fraction of sp³-hybridized carbons (Fsp3) is 0.250. The van der Waals surface area contributed by atoms with E-state index in [1.807, 2.05) is 29.6 Å². The highest BCUT2D eigenvalue weighted by Gasteiger charge is 2.22. The first-order valence-electron chi connectivity index (χ1n) is 5.52. The number of rotatable bonds is 5. The topological polar surface area (TPSA) is 83.5 Å². The third-order valence-electron chi connectivity index (χ3n) is 2.64. The van der Waals surface area contributed by atoms with Gasteiger partial charge < -0.3 is 5.11 Å². The summed E-state index contributed by atoms with van der Waals surface area (Å²) in [7, 11) is -3.55. The van der Waals surface area contributed by atoms with E-state index in [4.69, 9.17) is 5.11 Å². The van der Waals surface area contributed by atoms with Crippen LogP contribution in [-0.2, 0) is 21.2 Å². The van der Waals surface area contributed by atoms with Gasteiger partial charge in [0.15, 0.2) is 0 Å². The van der Waals surface area contributed by atoms with Crippen molar-refractivity contribution in [1.29, 1.82) is 0 Å². The molecule has 0 aliphatic heterocycles. The molecule has 1 aromatic heterocycles. The highest BCUT2D eigenvalue weighted by molar-refractivity contribution is 7.88. The number of hydrogen-bond acceptors (Lipinski definition) is 4. The number of carboxylic acid groups (broad SMARTS) is 1. The maximum absolute atomic E-state index is 11.2. The average Bonchev–Trinajstić information content (AvgIpc) is 2.70. The largest absolute Gasteiger partial charge is 0.480 e. The van der Waals surface area contributed by atoms with Crippen molar-refractivity contribution in [3.8, 4) is 0 Å². The SMILES string of the molecule is CS(=O)(=O)NC(Cc1csc2ccccc12)C(=O)O. The molecule has 0 aliphatic rings. The number of aliphatic carboxylic acids is 1. The smallest absolute Gasteiger partial charge is 0.322 e. The third-order valence-corrected chi connectivity index (χ3v) is 4.36. The van der Waals surface area contributed by atoms with E-state index in [-0.39, 0.29) is 6.42 Å². The van der Waals surface area contributed by atoms with Gasteiger partial charge in [0.25, 0.3) is 0 Å². The van der Waals surface area contributed by atoms with Crippen LogP contribution in [0.5, 0.6) is 0 Å². The van der Waals surface area contributed by atoms with E-state index >= 15 is 0 Å². The van der Waals surface area contributed by atoms with Crippen molar-refractivity contribution in [2.75, 3.05) is 6.26 Å². The van der Waals surface area contributed by atoms with E-state index in [2.05, 4.69) is 4.72 Å². The van der Waals surface area contributed by atoms with Gasteiger partial charge in [-0.1, -0.05) is 18.2 Å². The van der Waals surface area contributed by atoms with Crippen molar-refractivity contribution in [3.05, 3.63) is 35.2 Å². The van der Waals surface area contributed by atoms with Gasteiger partial charge in [-0.15, -0.1) is 11.3 Å². The molecule has 2 rings (SSSR count). The molecular formula is C12H13NO4S2. The summed E-state index contributed by atoms with van der Waals surface area (Å²) >= 11 is 1.52. The standard InChI is InChI=1S/C12H13NO4S2/c1-19(16,17)13-10(12(14)15)6-8-7-18-11-5-3-2-4-9(8)11/h2-5,7,10,13H,6H2,1H3,(H,14,15). The summed E-state index contributed by atoms with van der Waals surface area (Å²) < 4.78 is 25.5. The van der Waals surface area contributed by atoms with Crippen LogP contribution in [0.3, 0.4) is 0 Å². The van der Waals surface area contributed by atoms with Crippen molar-refractivity contribution >= 4 is 37.4 Å². The third kappa shape index (κ3) is 3.52. The molecule has 0 spiro atoms. The van der Waals surface area contributed by atoms with E-state index in [0.717, 1.165) is 21.9 Å². The van der Waals surface area contributed by atoms with Crippen LogP contribution in [0.25, 0.3) is 10.1 Å². The Morgan fingerprint density at radius 1 is 1.42 bits per heavy atom. The van der Waals surface area contributed by atoms with Gasteiger partial charge in [-0.2, -0.15) is 0 Å². The summed E-state index contributed by atoms with van der Waals surface area (Å²) in [5, 5.41) is 11.9. The Labute approximate surface area is 114 Å². The highest BCUT2D eigenvalue weighted by atomic mass is 32.2. The summed E-state index contributed by atoms with van der Waals surface area (Å²) in [5.41, 5.74) is 0.837. The Balaban J connectivity index is 2.29. The van der Waals surface area contributed by atoms with E-state index in [9.17, 15) is 13.2 Å². The van der Waals surface area contributed by atoms with E-state index < -0.39 is 22.0 Å². The molecule has 19 heavy (non-hydrogen) atoms. The van der Waals surface area contributed by atoms with Crippen LogP contribution < -0.4 is 4.72 Å². The minimum absolute atomic E-state index is 0.131. The molecule has 1 heterocycles. The molecule has 0 fully saturated rings. The number of benzene rings is 1. The maximum Gasteiger partial charge on any atom is 0.322 e. The quantitative estimate of drug-likeness (QED) is 0.875. The lowest BCUT2D eigenvalue weighted by molar-refractivity contribution is -0.138. The second kappa shape index (κ2) is 5.28. The molecule has 1 aromatic carbocycles. The van der Waals surface area contributed by atoms with Gasteiger partial charge in [-0.3, -0.25) is 4.79 Å². The molecule has 1 unspecified atom stereocenters. The van der Waals surface area contributed by atoms with Crippen molar-refractivity contribution in [2.45, 2.75) is 12.5 Å². The van der Waals surface area contributed by atoms with E-state index in [1.54, 1.807) is 0 Å². The number of nitrogens with one attached hydrogen (secondary N) is 1. The van der Waals surface area contributed by atoms with Crippen LogP contribution in [0.2, 0.25) is 0 Å². The normalized spacial score (nSPS) is 13.5. The molecule has 2 N–H and O–H groups in total. The first kappa shape index (κ1) is 14.0. The fourth-order valence-electron chi connectivity index (χ4n) is 1.85. The number of sulfonamides is 1. The van der Waals surface area contributed by atoms with Gasteiger partial charge in [0.05, 0.1) is 6.26 Å². The van der Waals surface area contributed by atoms with Crippen LogP contribution in [0.1, 0.15) is 5.56 Å². The molecular weight excluding hydrogens is 286 g/mol. The van der Waals surface area contributed by atoms with Crippen LogP contribution in [0.15, 0.2) is 29.6 Å². The average molecular weight is 299 g/mol. The Morgan fingerprint density at radius 3 is 2.74 bits per heavy atom. The first-order chi connectivity index (χ1) is 8.87. The van der Waals surface area contributed by atoms with Crippen LogP contribution in [0.4, 0.5) is 0 Å². The summed E-state index contributed by atoms with van der Waals surface area (Å²) in [6.45, 7) is 0. The predicted octanol–water partition coefficient (Wildman–Crippen LogP) is 1.45. The Kier molecular flexibility index (Phi) is 3.88. The van der Waals surface area contributed by atoms with Gasteiger partial charge in [0.1, 0.15) is 6.04 Å². The molecule has 0 bridgehead atoms. The van der Waals surface area contributed by atoms with Crippen LogP contribution in [-0.4, -0.2) is 31.8 Å². The second-order valence-corrected chi connectivity index (χ2v) is 6.93. The van der Waals surface area contributed by atoms with E-state index in [0.29, 0.717) is 0 Å². The van der Waals surface area contributed by atoms with E-state index in [1.165, 1.54) is 11.3 Å². The maximum atomic E-state index is 11.2. The Bertz CT molecular complexity index is 705. The molecule has 102 valence electrons. The van der Waals surface area contributed by atoms with Crippen LogP contribution >= 0.6 is 11.3 Å². The lowest BCUT2D eigenvalue weighted by atomic mass is 10.1. The van der Waals surface area contributed by atoms with Crippen molar-refractivity contribution < 1.29 is 18.3 Å². The molecule has 0 radical (unpaired) electrons.